The first-order valence-electron chi connectivity index (χ1n) is 18.9. The monoisotopic (exact) mass is 723 g/mol. The smallest absolute Gasteiger partial charge is 0.320 e. The molecule has 3 unspecified atom stereocenters. The molecule has 2 aliphatic heterocycles. The van der Waals surface area contributed by atoms with Crippen molar-refractivity contribution in [3.05, 3.63) is 78.0 Å². The fraction of sp³-hybridized carbons (Fsp3) is 0.513. The lowest BCUT2D eigenvalue weighted by Crippen LogP contribution is -2.41. The van der Waals surface area contributed by atoms with Crippen LogP contribution in [-0.4, -0.2) is 87.0 Å². The molecule has 14 heteroatoms. The Labute approximate surface area is 311 Å². The fourth-order valence-corrected chi connectivity index (χ4v) is 7.35. The summed E-state index contributed by atoms with van der Waals surface area (Å²) >= 11 is 0. The Bertz CT molecular complexity index is 1920. The third kappa shape index (κ3) is 8.82. The molecule has 0 radical (unpaired) electrons. The highest BCUT2D eigenvalue weighted by Gasteiger charge is 2.30. The summed E-state index contributed by atoms with van der Waals surface area (Å²) in [5, 5.41) is 31.6. The molecular weight excluding hydrogens is 671 g/mol. The average molecular weight is 724 g/mol. The minimum atomic E-state index is -0.406. The van der Waals surface area contributed by atoms with E-state index in [9.17, 15) is 4.79 Å². The van der Waals surface area contributed by atoms with Crippen molar-refractivity contribution < 1.29 is 14.3 Å². The molecule has 3 aliphatic rings. The molecular formula is C39H53N11O3. The van der Waals surface area contributed by atoms with Crippen LogP contribution in [0.1, 0.15) is 82.6 Å². The van der Waals surface area contributed by atoms with Gasteiger partial charge in [0.05, 0.1) is 36.8 Å². The van der Waals surface area contributed by atoms with Gasteiger partial charge in [0.25, 0.3) is 0 Å². The van der Waals surface area contributed by atoms with Gasteiger partial charge in [-0.15, -0.1) is 10.2 Å². The van der Waals surface area contributed by atoms with E-state index in [2.05, 4.69) is 53.2 Å². The van der Waals surface area contributed by atoms with Gasteiger partial charge in [0.1, 0.15) is 17.7 Å². The predicted molar refractivity (Wildman–Crippen MR) is 205 cm³/mol. The number of anilines is 2. The van der Waals surface area contributed by atoms with Crippen molar-refractivity contribution in [2.75, 3.05) is 50.1 Å². The number of benzene rings is 1. The molecule has 3 aromatic heterocycles. The number of aromatic nitrogens is 5. The maximum atomic E-state index is 13.6. The average Bonchev–Trinajstić information content (AvgIpc) is 3.92. The number of fused-ring (bicyclic) bond motifs is 2. The first kappa shape index (κ1) is 36.4. The van der Waals surface area contributed by atoms with Gasteiger partial charge in [0.15, 0.2) is 5.65 Å². The molecule has 4 aromatic rings. The molecule has 0 saturated carbocycles. The number of piperidine rings is 1. The van der Waals surface area contributed by atoms with Crippen molar-refractivity contribution in [2.24, 2.45) is 5.41 Å². The number of methoxy groups -OCH3 is 1. The van der Waals surface area contributed by atoms with E-state index in [0.29, 0.717) is 24.1 Å². The highest BCUT2D eigenvalue weighted by molar-refractivity contribution is 5.97. The van der Waals surface area contributed by atoms with E-state index in [1.165, 1.54) is 6.42 Å². The molecule has 2 fully saturated rings. The van der Waals surface area contributed by atoms with Gasteiger partial charge in [-0.3, -0.25) is 19.3 Å². The zero-order valence-corrected chi connectivity index (χ0v) is 31.3. The molecule has 0 spiro atoms. The molecule has 14 nitrogen and oxygen atoms in total. The second-order valence-corrected chi connectivity index (χ2v) is 15.4. The first-order valence-corrected chi connectivity index (χ1v) is 18.9. The van der Waals surface area contributed by atoms with E-state index in [0.717, 1.165) is 99.1 Å². The van der Waals surface area contributed by atoms with Crippen molar-refractivity contribution >= 4 is 29.0 Å². The number of hydrogen-bond acceptors (Lipinski definition) is 10. The van der Waals surface area contributed by atoms with E-state index < -0.39 is 5.41 Å². The molecule has 282 valence electrons. The highest BCUT2D eigenvalue weighted by Crippen LogP contribution is 2.39. The second-order valence-electron chi connectivity index (χ2n) is 15.4. The summed E-state index contributed by atoms with van der Waals surface area (Å²) in [6.45, 7) is 11.5. The minimum absolute atomic E-state index is 0.174. The number of rotatable bonds is 12. The molecule has 0 bridgehead atoms. The zero-order valence-electron chi connectivity index (χ0n) is 31.3. The maximum Gasteiger partial charge on any atom is 0.320 e. The summed E-state index contributed by atoms with van der Waals surface area (Å²) in [6.07, 6.45) is 13.5. The van der Waals surface area contributed by atoms with Gasteiger partial charge in [-0.2, -0.15) is 5.10 Å². The van der Waals surface area contributed by atoms with Crippen molar-refractivity contribution in [1.29, 1.82) is 5.41 Å². The summed E-state index contributed by atoms with van der Waals surface area (Å²) in [4.78, 5) is 18.3. The second kappa shape index (κ2) is 16.0. The van der Waals surface area contributed by atoms with Crippen LogP contribution in [0.4, 0.5) is 16.4 Å². The summed E-state index contributed by atoms with van der Waals surface area (Å²) in [6, 6.07) is 11.5. The van der Waals surface area contributed by atoms with Crippen molar-refractivity contribution in [3.8, 4) is 5.75 Å². The van der Waals surface area contributed by atoms with Gasteiger partial charge >= 0.3 is 6.03 Å². The lowest BCUT2D eigenvalue weighted by atomic mass is 9.85. The lowest BCUT2D eigenvalue weighted by molar-refractivity contribution is 0.107. The topological polar surface area (TPSA) is 150 Å². The Morgan fingerprint density at radius 1 is 0.981 bits per heavy atom. The van der Waals surface area contributed by atoms with Crippen molar-refractivity contribution in [3.63, 3.8) is 0 Å². The lowest BCUT2D eigenvalue weighted by Gasteiger charge is -2.32. The molecule has 7 rings (SSSR count). The molecule has 53 heavy (non-hydrogen) atoms. The normalized spacial score (nSPS) is 21.0. The summed E-state index contributed by atoms with van der Waals surface area (Å²) < 4.78 is 16.1. The van der Waals surface area contributed by atoms with Gasteiger partial charge in [-0.05, 0) is 61.8 Å². The summed E-state index contributed by atoms with van der Waals surface area (Å²) in [5.41, 5.74) is 3.57. The molecule has 5 heterocycles. The standard InChI is InChI=1S/C39H53N11O3/c1-39(2,3)34(40)22-35(42-27-23-41-49(24-27)21-20-47-19-16-28(25-47)52-4)44-37(51)43-32-13-14-33(31-11-7-6-10-30(31)32)53-29-12-15-36-45-46-38(50(36)26-29)48-17-8-5-9-18-48/h6-7,10-12,15,22-24,26,28,32-33,40,42H,5,8-9,13-14,16-21,25H2,1-4H3,(H2,43,44,51)/b35-22+,40-34?. The Morgan fingerprint density at radius 3 is 2.57 bits per heavy atom. The van der Waals surface area contributed by atoms with Crippen LogP contribution in [0, 0.1) is 10.8 Å². The van der Waals surface area contributed by atoms with Crippen molar-refractivity contribution in [2.45, 2.75) is 84.1 Å². The summed E-state index contributed by atoms with van der Waals surface area (Å²) in [5.74, 6) is 2.02. The number of ether oxygens (including phenoxy) is 2. The molecule has 1 aromatic carbocycles. The van der Waals surface area contributed by atoms with E-state index in [1.54, 1.807) is 19.4 Å². The van der Waals surface area contributed by atoms with Gasteiger partial charge in [0, 0.05) is 63.2 Å². The zero-order chi connectivity index (χ0) is 37.0. The third-order valence-corrected chi connectivity index (χ3v) is 10.5. The van der Waals surface area contributed by atoms with Crippen LogP contribution in [0.5, 0.6) is 5.75 Å². The van der Waals surface area contributed by atoms with Gasteiger partial charge in [0.2, 0.25) is 5.95 Å². The summed E-state index contributed by atoms with van der Waals surface area (Å²) in [7, 11) is 1.77. The van der Waals surface area contributed by atoms with Crippen LogP contribution in [0.2, 0.25) is 0 Å². The van der Waals surface area contributed by atoms with E-state index in [1.807, 2.05) is 66.5 Å². The Balaban J connectivity index is 1.01. The number of carbonyl (C=O) groups is 1. The molecule has 1 aliphatic carbocycles. The van der Waals surface area contributed by atoms with Crippen LogP contribution < -0.4 is 25.6 Å². The highest BCUT2D eigenvalue weighted by atomic mass is 16.5. The molecule has 3 atom stereocenters. The number of amides is 2. The molecule has 2 saturated heterocycles. The number of nitrogens with zero attached hydrogens (tertiary/aromatic N) is 7. The Kier molecular flexibility index (Phi) is 11.0. The van der Waals surface area contributed by atoms with Crippen LogP contribution in [0.25, 0.3) is 5.65 Å². The molecule has 4 N–H and O–H groups in total. The van der Waals surface area contributed by atoms with Gasteiger partial charge in [-0.1, -0.05) is 45.0 Å². The van der Waals surface area contributed by atoms with Crippen LogP contribution in [-0.2, 0) is 11.3 Å². The number of likely N-dealkylation sites (tertiary alicyclic amines) is 1. The largest absolute Gasteiger partial charge is 0.484 e. The fourth-order valence-electron chi connectivity index (χ4n) is 7.35. The van der Waals surface area contributed by atoms with Crippen LogP contribution in [0.15, 0.2) is 66.9 Å². The Morgan fingerprint density at radius 2 is 1.79 bits per heavy atom. The number of urea groups is 1. The quantitative estimate of drug-likeness (QED) is 0.131. The van der Waals surface area contributed by atoms with Gasteiger partial charge < -0.3 is 30.4 Å². The minimum Gasteiger partial charge on any atom is -0.484 e. The van der Waals surface area contributed by atoms with Crippen molar-refractivity contribution in [1.82, 2.24) is 39.9 Å². The Hall–Kier alpha value is -4.95. The number of carbonyl (C=O) groups excluding carboxylic acids is 1. The molecule has 2 amide bonds. The number of nitrogens with one attached hydrogen (secondary N) is 4. The van der Waals surface area contributed by atoms with Crippen LogP contribution in [0.3, 0.4) is 0 Å². The first-order chi connectivity index (χ1) is 25.6. The number of pyridine rings is 1. The van der Waals surface area contributed by atoms with Gasteiger partial charge in [-0.25, -0.2) is 4.79 Å². The van der Waals surface area contributed by atoms with E-state index in [-0.39, 0.29) is 18.2 Å². The van der Waals surface area contributed by atoms with Crippen LogP contribution >= 0.6 is 0 Å². The van der Waals surface area contributed by atoms with E-state index >= 15 is 0 Å². The van der Waals surface area contributed by atoms with E-state index in [4.69, 9.17) is 14.9 Å². The number of hydrogen-bond donors (Lipinski definition) is 4. The third-order valence-electron chi connectivity index (χ3n) is 10.5. The predicted octanol–water partition coefficient (Wildman–Crippen LogP) is 5.91. The number of allylic oxidation sites excluding steroid dienone is 1. The maximum absolute atomic E-state index is 13.6. The SMILES string of the molecule is COC1CCN(CCn2cc(N/C(=C\C(=N)C(C)(C)C)NC(=O)NC3CCC(Oc4ccc5nnc(N6CCCCC6)n5c4)c4ccccc43)cn2)C1.